The first kappa shape index (κ1) is 21.8. The van der Waals surface area contributed by atoms with Crippen LogP contribution in [0.3, 0.4) is 0 Å². The number of hydrogen-bond donors (Lipinski definition) is 0. The molecule has 0 bridgehead atoms. The summed E-state index contributed by atoms with van der Waals surface area (Å²) < 4.78 is 1.62. The van der Waals surface area contributed by atoms with Gasteiger partial charge in [-0.15, -0.1) is 0 Å². The van der Waals surface area contributed by atoms with Gasteiger partial charge in [-0.25, -0.2) is 4.98 Å². The van der Waals surface area contributed by atoms with Crippen LogP contribution >= 0.6 is 11.8 Å². The Morgan fingerprint density at radius 3 is 2.38 bits per heavy atom. The van der Waals surface area contributed by atoms with Crippen molar-refractivity contribution in [3.8, 4) is 5.69 Å². The number of aryl methyl sites for hydroxylation is 2. The maximum Gasteiger partial charge on any atom is 0.266 e. The third kappa shape index (κ3) is 4.18. The van der Waals surface area contributed by atoms with E-state index >= 15 is 0 Å². The Kier molecular flexibility index (Phi) is 6.15. The van der Waals surface area contributed by atoms with Gasteiger partial charge >= 0.3 is 0 Å². The number of thioether (sulfide) groups is 1. The Morgan fingerprint density at radius 2 is 1.66 bits per heavy atom. The van der Waals surface area contributed by atoms with E-state index in [2.05, 4.69) is 0 Å². The molecule has 162 valence electrons. The molecule has 0 saturated heterocycles. The van der Waals surface area contributed by atoms with Crippen molar-refractivity contribution in [3.63, 3.8) is 0 Å². The average Bonchev–Trinajstić information content (AvgIpc) is 2.81. The summed E-state index contributed by atoms with van der Waals surface area (Å²) in [5.41, 5.74) is 4.29. The first-order chi connectivity index (χ1) is 15.4. The number of para-hydroxylation sites is 2. The third-order valence-electron chi connectivity index (χ3n) is 5.60. The number of aromatic nitrogens is 2. The quantitative estimate of drug-likeness (QED) is 0.316. The van der Waals surface area contributed by atoms with Gasteiger partial charge in [-0.2, -0.15) is 0 Å². The van der Waals surface area contributed by atoms with Crippen LogP contribution in [0, 0.1) is 13.8 Å². The van der Waals surface area contributed by atoms with Crippen molar-refractivity contribution in [3.05, 3.63) is 94.3 Å². The predicted molar refractivity (Wildman–Crippen MR) is 132 cm³/mol. The molecule has 0 spiro atoms. The minimum atomic E-state index is -0.439. The highest BCUT2D eigenvalue weighted by Gasteiger charge is 2.23. The van der Waals surface area contributed by atoms with E-state index in [-0.39, 0.29) is 11.5 Å². The van der Waals surface area contributed by atoms with Gasteiger partial charge in [0.25, 0.3) is 5.56 Å². The molecule has 5 nitrogen and oxygen atoms in total. The van der Waals surface area contributed by atoms with Gasteiger partial charge in [0.05, 0.1) is 21.8 Å². The average molecular weight is 444 g/mol. The van der Waals surface area contributed by atoms with E-state index < -0.39 is 5.25 Å². The fourth-order valence-corrected chi connectivity index (χ4v) is 4.56. The summed E-state index contributed by atoms with van der Waals surface area (Å²) in [6, 6.07) is 22.7. The van der Waals surface area contributed by atoms with E-state index in [1.165, 1.54) is 11.8 Å². The SMILES string of the molecule is Cc1ccc(-n2c(SC(C)C(=O)N(C)c3ccccc3)nc3ccccc3c2=O)cc1C. The van der Waals surface area contributed by atoms with E-state index in [1.807, 2.05) is 87.5 Å². The lowest BCUT2D eigenvalue weighted by Gasteiger charge is -2.22. The van der Waals surface area contributed by atoms with E-state index in [4.69, 9.17) is 4.98 Å². The molecular weight excluding hydrogens is 418 g/mol. The van der Waals surface area contributed by atoms with Crippen LogP contribution in [-0.2, 0) is 4.79 Å². The summed E-state index contributed by atoms with van der Waals surface area (Å²) in [4.78, 5) is 33.0. The van der Waals surface area contributed by atoms with E-state index in [9.17, 15) is 9.59 Å². The van der Waals surface area contributed by atoms with Crippen LogP contribution in [0.25, 0.3) is 16.6 Å². The molecule has 4 aromatic rings. The van der Waals surface area contributed by atoms with E-state index in [0.717, 1.165) is 22.5 Å². The molecule has 0 aliphatic rings. The van der Waals surface area contributed by atoms with Gasteiger partial charge in [0.1, 0.15) is 0 Å². The molecule has 3 aromatic carbocycles. The topological polar surface area (TPSA) is 55.2 Å². The van der Waals surface area contributed by atoms with Crippen LogP contribution < -0.4 is 10.5 Å². The molecule has 32 heavy (non-hydrogen) atoms. The van der Waals surface area contributed by atoms with Crippen molar-refractivity contribution in [2.75, 3.05) is 11.9 Å². The van der Waals surface area contributed by atoms with Gasteiger partial charge in [0.2, 0.25) is 5.91 Å². The molecule has 0 radical (unpaired) electrons. The molecule has 0 saturated carbocycles. The number of carbonyl (C=O) groups is 1. The normalized spacial score (nSPS) is 12.0. The molecule has 1 atom stereocenters. The monoisotopic (exact) mass is 443 g/mol. The second kappa shape index (κ2) is 9.01. The number of fused-ring (bicyclic) bond motifs is 1. The lowest BCUT2D eigenvalue weighted by Crippen LogP contribution is -2.33. The molecule has 1 unspecified atom stereocenters. The fraction of sp³-hybridized carbons (Fsp3) is 0.192. The molecule has 6 heteroatoms. The minimum absolute atomic E-state index is 0.0600. The highest BCUT2D eigenvalue weighted by molar-refractivity contribution is 8.00. The summed E-state index contributed by atoms with van der Waals surface area (Å²) in [6.45, 7) is 5.90. The van der Waals surface area contributed by atoms with Gasteiger partial charge < -0.3 is 4.90 Å². The maximum atomic E-state index is 13.5. The minimum Gasteiger partial charge on any atom is -0.315 e. The standard InChI is InChI=1S/C26H25N3O2S/c1-17-14-15-21(16-18(17)2)29-25(31)22-12-8-9-13-23(22)27-26(29)32-19(3)24(30)28(4)20-10-6-5-7-11-20/h5-16,19H,1-4H3. The van der Waals surface area contributed by atoms with E-state index in [0.29, 0.717) is 16.1 Å². The molecule has 0 fully saturated rings. The summed E-state index contributed by atoms with van der Waals surface area (Å²) in [6.07, 6.45) is 0. The molecule has 0 aliphatic heterocycles. The molecule has 0 aliphatic carbocycles. The van der Waals surface area contributed by atoms with Crippen LogP contribution in [0.5, 0.6) is 0 Å². The molecular formula is C26H25N3O2S. The highest BCUT2D eigenvalue weighted by atomic mass is 32.2. The first-order valence-corrected chi connectivity index (χ1v) is 11.3. The molecule has 1 amide bonds. The lowest BCUT2D eigenvalue weighted by molar-refractivity contribution is -0.117. The first-order valence-electron chi connectivity index (χ1n) is 10.5. The smallest absolute Gasteiger partial charge is 0.266 e. The third-order valence-corrected chi connectivity index (χ3v) is 6.64. The Balaban J connectivity index is 1.78. The zero-order chi connectivity index (χ0) is 22.8. The zero-order valence-electron chi connectivity index (χ0n) is 18.6. The van der Waals surface area contributed by atoms with Crippen molar-refractivity contribution in [2.45, 2.75) is 31.2 Å². The van der Waals surface area contributed by atoms with Gasteiger partial charge in [0.15, 0.2) is 5.16 Å². The largest absolute Gasteiger partial charge is 0.315 e. The van der Waals surface area contributed by atoms with Crippen LogP contribution in [-0.4, -0.2) is 27.8 Å². The number of nitrogens with zero attached hydrogens (tertiary/aromatic N) is 3. The lowest BCUT2D eigenvalue weighted by atomic mass is 10.1. The highest BCUT2D eigenvalue weighted by Crippen LogP contribution is 2.27. The Bertz CT molecular complexity index is 1350. The van der Waals surface area contributed by atoms with Crippen LogP contribution in [0.2, 0.25) is 0 Å². The van der Waals surface area contributed by atoms with Crippen molar-refractivity contribution < 1.29 is 4.79 Å². The Morgan fingerprint density at radius 1 is 0.969 bits per heavy atom. The molecule has 1 heterocycles. The van der Waals surface area contributed by atoms with Crippen LogP contribution in [0.15, 0.2) is 82.7 Å². The molecule has 0 N–H and O–H groups in total. The summed E-state index contributed by atoms with van der Waals surface area (Å²) in [7, 11) is 1.76. The Labute approximate surface area is 191 Å². The molecule has 4 rings (SSSR count). The number of anilines is 1. The number of amides is 1. The van der Waals surface area contributed by atoms with Crippen molar-refractivity contribution in [1.82, 2.24) is 9.55 Å². The van der Waals surface area contributed by atoms with Crippen molar-refractivity contribution in [2.24, 2.45) is 0 Å². The van der Waals surface area contributed by atoms with Crippen molar-refractivity contribution >= 4 is 34.3 Å². The predicted octanol–water partition coefficient (Wildman–Crippen LogP) is 5.15. The van der Waals surface area contributed by atoms with Gasteiger partial charge in [-0.1, -0.05) is 48.2 Å². The number of carbonyl (C=O) groups excluding carboxylic acids is 1. The maximum absolute atomic E-state index is 13.5. The number of rotatable bonds is 5. The summed E-state index contributed by atoms with van der Waals surface area (Å²) in [5, 5.41) is 0.612. The summed E-state index contributed by atoms with van der Waals surface area (Å²) >= 11 is 1.30. The second-order valence-electron chi connectivity index (χ2n) is 7.81. The van der Waals surface area contributed by atoms with E-state index in [1.54, 1.807) is 22.6 Å². The fourth-order valence-electron chi connectivity index (χ4n) is 3.54. The summed E-state index contributed by atoms with van der Waals surface area (Å²) in [5.74, 6) is -0.0600. The number of benzene rings is 3. The van der Waals surface area contributed by atoms with Crippen LogP contribution in [0.4, 0.5) is 5.69 Å². The zero-order valence-corrected chi connectivity index (χ0v) is 19.4. The molecule has 1 aromatic heterocycles. The van der Waals surface area contributed by atoms with Gasteiger partial charge in [0, 0.05) is 12.7 Å². The van der Waals surface area contributed by atoms with Crippen molar-refractivity contribution in [1.29, 1.82) is 0 Å². The second-order valence-corrected chi connectivity index (χ2v) is 9.12. The Hall–Kier alpha value is -3.38. The van der Waals surface area contributed by atoms with Gasteiger partial charge in [-0.05, 0) is 68.3 Å². The van der Waals surface area contributed by atoms with Gasteiger partial charge in [-0.3, -0.25) is 14.2 Å². The number of hydrogen-bond acceptors (Lipinski definition) is 4. The van der Waals surface area contributed by atoms with Crippen LogP contribution in [0.1, 0.15) is 18.1 Å².